The molecule has 2 aromatic rings. The molecule has 3 heterocycles. The summed E-state index contributed by atoms with van der Waals surface area (Å²) < 4.78 is 5.25. The maximum absolute atomic E-state index is 12.6. The molecule has 1 amide bonds. The quantitative estimate of drug-likeness (QED) is 0.406. The highest BCUT2D eigenvalue weighted by Gasteiger charge is 2.24. The number of likely N-dealkylation sites (tertiary alicyclic amines) is 1. The van der Waals surface area contributed by atoms with Crippen molar-refractivity contribution in [2.75, 3.05) is 31.6 Å². The van der Waals surface area contributed by atoms with Gasteiger partial charge in [0.05, 0.1) is 13.2 Å². The highest BCUT2D eigenvalue weighted by atomic mass is 32.1. The van der Waals surface area contributed by atoms with Crippen LogP contribution in [0.25, 0.3) is 10.4 Å². The van der Waals surface area contributed by atoms with E-state index in [1.807, 2.05) is 24.4 Å². The molecule has 180 valence electrons. The molecule has 0 radical (unpaired) electrons. The smallest absolute Gasteiger partial charge is 0.414 e. The molecule has 1 fully saturated rings. The van der Waals surface area contributed by atoms with E-state index in [2.05, 4.69) is 17.1 Å². The number of hydrogen-bond donors (Lipinski definition) is 3. The maximum atomic E-state index is 12.6. The van der Waals surface area contributed by atoms with E-state index in [0.717, 1.165) is 42.3 Å². The Hall–Kier alpha value is -2.76. The Labute approximate surface area is 200 Å². The summed E-state index contributed by atoms with van der Waals surface area (Å²) >= 11 is 3.01. The molecule has 0 spiro atoms. The van der Waals surface area contributed by atoms with E-state index in [4.69, 9.17) is 24.5 Å². The van der Waals surface area contributed by atoms with Crippen LogP contribution in [0.4, 0.5) is 5.00 Å². The summed E-state index contributed by atoms with van der Waals surface area (Å²) in [4.78, 5) is 47.7. The molecule has 0 aliphatic carbocycles. The van der Waals surface area contributed by atoms with Gasteiger partial charge in [-0.15, -0.1) is 22.7 Å². The minimum atomic E-state index is -1.82. The molecule has 9 nitrogen and oxygen atoms in total. The second-order valence-electron chi connectivity index (χ2n) is 7.60. The summed E-state index contributed by atoms with van der Waals surface area (Å²) in [6.45, 7) is 8.63. The number of carboxylic acid groups (broad SMARTS) is 2. The predicted octanol–water partition coefficient (Wildman–Crippen LogP) is 3.79. The number of anilines is 1. The van der Waals surface area contributed by atoms with Gasteiger partial charge in [0, 0.05) is 20.7 Å². The minimum absolute atomic E-state index is 0.0779. The fourth-order valence-corrected chi connectivity index (χ4v) is 5.13. The predicted molar refractivity (Wildman–Crippen MR) is 127 cm³/mol. The number of nitrogens with one attached hydrogen (secondary N) is 1. The molecule has 0 aromatic carbocycles. The van der Waals surface area contributed by atoms with E-state index in [0.29, 0.717) is 23.7 Å². The van der Waals surface area contributed by atoms with Crippen LogP contribution in [0.15, 0.2) is 17.5 Å². The van der Waals surface area contributed by atoms with Crippen molar-refractivity contribution >= 4 is 51.5 Å². The van der Waals surface area contributed by atoms with E-state index < -0.39 is 11.9 Å². The number of thiophene rings is 2. The average molecular weight is 497 g/mol. The number of hydrogen-bond acceptors (Lipinski definition) is 8. The van der Waals surface area contributed by atoms with Crippen molar-refractivity contribution < 1.29 is 34.1 Å². The summed E-state index contributed by atoms with van der Waals surface area (Å²) in [5.74, 6) is -3.38. The van der Waals surface area contributed by atoms with Crippen molar-refractivity contribution in [1.82, 2.24) is 4.90 Å². The van der Waals surface area contributed by atoms with Crippen LogP contribution in [0.2, 0.25) is 0 Å². The number of piperidine rings is 1. The number of nitrogens with zero attached hydrogens (tertiary/aromatic N) is 1. The number of aryl methyl sites for hydroxylation is 1. The topological polar surface area (TPSA) is 133 Å². The third-order valence-corrected chi connectivity index (χ3v) is 6.89. The molecule has 11 heteroatoms. The monoisotopic (exact) mass is 496 g/mol. The lowest BCUT2D eigenvalue weighted by Crippen LogP contribution is -2.38. The van der Waals surface area contributed by atoms with E-state index in [-0.39, 0.29) is 11.9 Å². The van der Waals surface area contributed by atoms with Crippen molar-refractivity contribution in [2.45, 2.75) is 33.6 Å². The van der Waals surface area contributed by atoms with Crippen molar-refractivity contribution in [3.63, 3.8) is 0 Å². The lowest BCUT2D eigenvalue weighted by molar-refractivity contribution is -0.159. The zero-order chi connectivity index (χ0) is 24.5. The van der Waals surface area contributed by atoms with Crippen LogP contribution in [-0.2, 0) is 19.1 Å². The molecule has 0 unspecified atom stereocenters. The van der Waals surface area contributed by atoms with Crippen LogP contribution in [0.5, 0.6) is 0 Å². The Balaban J connectivity index is 0.000000569. The molecule has 1 aliphatic heterocycles. The highest BCUT2D eigenvalue weighted by molar-refractivity contribution is 7.17. The molecule has 1 saturated heterocycles. The van der Waals surface area contributed by atoms with Gasteiger partial charge in [-0.2, -0.15) is 0 Å². The Morgan fingerprint density at radius 3 is 2.30 bits per heavy atom. The fourth-order valence-electron chi connectivity index (χ4n) is 3.21. The van der Waals surface area contributed by atoms with Gasteiger partial charge in [-0.25, -0.2) is 14.4 Å². The summed E-state index contributed by atoms with van der Waals surface area (Å²) in [6.07, 6.45) is 2.25. The second-order valence-corrected chi connectivity index (χ2v) is 9.77. The molecule has 0 saturated carbocycles. The molecule has 33 heavy (non-hydrogen) atoms. The first-order valence-electron chi connectivity index (χ1n) is 10.5. The van der Waals surface area contributed by atoms with E-state index in [1.54, 1.807) is 18.3 Å². The normalized spacial score (nSPS) is 14.2. The number of esters is 1. The van der Waals surface area contributed by atoms with Crippen LogP contribution in [0.3, 0.4) is 0 Å². The zero-order valence-electron chi connectivity index (χ0n) is 18.8. The van der Waals surface area contributed by atoms with Crippen molar-refractivity contribution in [1.29, 1.82) is 0 Å². The number of rotatable bonds is 6. The minimum Gasteiger partial charge on any atom is -0.473 e. The Bertz CT molecular complexity index is 979. The van der Waals surface area contributed by atoms with Crippen molar-refractivity contribution in [3.8, 4) is 10.4 Å². The van der Waals surface area contributed by atoms with Crippen molar-refractivity contribution in [2.24, 2.45) is 5.92 Å². The average Bonchev–Trinajstić information content (AvgIpc) is 3.36. The SMILES string of the molecule is CCOC(=O)c1c(-c2ccc(C)s2)csc1NC(=O)CN1CCC(C)CC1.O=C(O)C(=O)O. The third-order valence-electron chi connectivity index (χ3n) is 4.96. The van der Waals surface area contributed by atoms with Gasteiger partial charge in [0.15, 0.2) is 0 Å². The van der Waals surface area contributed by atoms with Gasteiger partial charge in [0.2, 0.25) is 5.91 Å². The van der Waals surface area contributed by atoms with Gasteiger partial charge in [0.1, 0.15) is 10.6 Å². The molecule has 3 rings (SSSR count). The summed E-state index contributed by atoms with van der Waals surface area (Å²) in [7, 11) is 0. The van der Waals surface area contributed by atoms with E-state index >= 15 is 0 Å². The fraction of sp³-hybridized carbons (Fsp3) is 0.455. The second kappa shape index (κ2) is 12.5. The van der Waals surface area contributed by atoms with Crippen LogP contribution in [0, 0.1) is 12.8 Å². The molecular formula is C22H28N2O7S2. The number of carboxylic acids is 2. The lowest BCUT2D eigenvalue weighted by Gasteiger charge is -2.29. The van der Waals surface area contributed by atoms with Crippen LogP contribution in [-0.4, -0.2) is 65.2 Å². The van der Waals surface area contributed by atoms with Gasteiger partial charge < -0.3 is 20.3 Å². The van der Waals surface area contributed by atoms with Gasteiger partial charge in [-0.3, -0.25) is 9.69 Å². The molecular weight excluding hydrogens is 468 g/mol. The standard InChI is InChI=1S/C20H26N2O3S2.C2H2O4/c1-4-25-20(24)18-15(16-6-5-14(3)27-16)12-26-19(18)21-17(23)11-22-9-7-13(2)8-10-22;3-1(4)2(5)6/h5-6,12-13H,4,7-11H2,1-3H3,(H,21,23);(H,3,4)(H,5,6). The van der Waals surface area contributed by atoms with Crippen molar-refractivity contribution in [3.05, 3.63) is 28.0 Å². The van der Waals surface area contributed by atoms with E-state index in [9.17, 15) is 9.59 Å². The summed E-state index contributed by atoms with van der Waals surface area (Å²) in [5, 5.41) is 20.2. The number of carbonyl (C=O) groups excluding carboxylic acids is 2. The molecule has 0 bridgehead atoms. The molecule has 2 aromatic heterocycles. The number of ether oxygens (including phenoxy) is 1. The third kappa shape index (κ3) is 7.95. The van der Waals surface area contributed by atoms with Gasteiger partial charge in [-0.1, -0.05) is 6.92 Å². The number of carbonyl (C=O) groups is 4. The van der Waals surface area contributed by atoms with Gasteiger partial charge in [0.25, 0.3) is 0 Å². The first kappa shape index (κ1) is 26.5. The summed E-state index contributed by atoms with van der Waals surface area (Å²) in [6, 6.07) is 4.04. The molecule has 3 N–H and O–H groups in total. The highest BCUT2D eigenvalue weighted by Crippen LogP contribution is 2.39. The Kier molecular flexibility index (Phi) is 10.0. The van der Waals surface area contributed by atoms with E-state index in [1.165, 1.54) is 16.2 Å². The molecule has 1 aliphatic rings. The van der Waals surface area contributed by atoms with Gasteiger partial charge in [-0.05, 0) is 57.8 Å². The lowest BCUT2D eigenvalue weighted by atomic mass is 9.99. The number of amides is 1. The Morgan fingerprint density at radius 2 is 1.79 bits per heavy atom. The van der Waals surface area contributed by atoms with Crippen LogP contribution in [0.1, 0.15) is 41.9 Å². The van der Waals surface area contributed by atoms with Gasteiger partial charge >= 0.3 is 17.9 Å². The van der Waals surface area contributed by atoms with Crippen LogP contribution >= 0.6 is 22.7 Å². The Morgan fingerprint density at radius 1 is 1.15 bits per heavy atom. The first-order chi connectivity index (χ1) is 15.6. The first-order valence-corrected chi connectivity index (χ1v) is 12.2. The summed E-state index contributed by atoms with van der Waals surface area (Å²) in [5.41, 5.74) is 1.29. The number of aliphatic carboxylic acids is 2. The maximum Gasteiger partial charge on any atom is 0.414 e. The molecule has 0 atom stereocenters. The zero-order valence-corrected chi connectivity index (χ0v) is 20.4. The largest absolute Gasteiger partial charge is 0.473 e. The van der Waals surface area contributed by atoms with Crippen LogP contribution < -0.4 is 5.32 Å².